The standard InChI is InChI=1S/C42H86N26O7/c43-17-3-1-2-16-30(69)63-25(11-5-19-58-38(47)48)32(71)65-27(13-7-21-60-40(51)52)34(73)67-29(15-9-23-62-42(55)56)36(75)68-28(14-8-22-61-41(53)54)35(74)66-26(12-6-20-59-39(49)50)33(72)64-24(31(44)70)10-4-18-57-37(45)46/h24-29H,1-23,43H2,(H2,44,70)(H,63,69)(H,64,72)(H,65,71)(H,66,74)(H,67,73)(H,68,75)(H4,45,46,57)(H4,47,48,58)(H4,49,50,59)(H4,51,52,60)(H4,53,54,61)(H4,55,56,62)/t24-,25-,26-,27-,28-,29-/m0/s1. The molecule has 0 rings (SSSR count). The van der Waals surface area contributed by atoms with Crippen molar-refractivity contribution in [2.45, 2.75) is 139 Å². The maximum atomic E-state index is 14.4. The molecule has 33 heteroatoms. The molecule has 0 aliphatic rings. The topological polar surface area (TPSA) is 630 Å². The van der Waals surface area contributed by atoms with Gasteiger partial charge in [-0.25, -0.2) is 0 Å². The Morgan fingerprint density at radius 3 is 0.747 bits per heavy atom. The van der Waals surface area contributed by atoms with E-state index in [-0.39, 0.29) is 158 Å². The zero-order valence-corrected chi connectivity index (χ0v) is 42.9. The molecule has 33 nitrogen and oxygen atoms in total. The Labute approximate surface area is 436 Å². The van der Waals surface area contributed by atoms with Crippen LogP contribution in [0.15, 0.2) is 30.0 Å². The van der Waals surface area contributed by atoms with Gasteiger partial charge in [0.1, 0.15) is 36.3 Å². The van der Waals surface area contributed by atoms with Crippen LogP contribution in [0.4, 0.5) is 0 Å². The third-order valence-electron chi connectivity index (χ3n) is 10.6. The van der Waals surface area contributed by atoms with Crippen LogP contribution in [0, 0.1) is 0 Å². The van der Waals surface area contributed by atoms with Crippen LogP contribution in [0.25, 0.3) is 0 Å². The van der Waals surface area contributed by atoms with Crippen LogP contribution in [0.3, 0.4) is 0 Å². The molecule has 0 fully saturated rings. The maximum absolute atomic E-state index is 14.4. The zero-order chi connectivity index (χ0) is 56.7. The van der Waals surface area contributed by atoms with Crippen LogP contribution in [0.1, 0.15) is 103 Å². The van der Waals surface area contributed by atoms with Gasteiger partial charge in [0.2, 0.25) is 41.4 Å². The van der Waals surface area contributed by atoms with Crippen molar-refractivity contribution in [2.75, 3.05) is 45.8 Å². The van der Waals surface area contributed by atoms with Crippen molar-refractivity contribution in [3.05, 3.63) is 0 Å². The van der Waals surface area contributed by atoms with Crippen LogP contribution < -0.4 is 112 Å². The Morgan fingerprint density at radius 1 is 0.293 bits per heavy atom. The molecule has 0 bridgehead atoms. The number of rotatable bonds is 41. The molecule has 0 aromatic rings. The van der Waals surface area contributed by atoms with Gasteiger partial charge in [-0.2, -0.15) is 0 Å². The first-order chi connectivity index (χ1) is 35.5. The molecule has 426 valence electrons. The molecule has 7 amide bonds. The highest BCUT2D eigenvalue weighted by atomic mass is 16.2. The number of nitrogens with two attached hydrogens (primary N) is 14. The third kappa shape index (κ3) is 34.8. The average molecular weight is 1070 g/mol. The van der Waals surface area contributed by atoms with Gasteiger partial charge >= 0.3 is 0 Å². The van der Waals surface area contributed by atoms with Crippen molar-refractivity contribution >= 4 is 77.1 Å². The van der Waals surface area contributed by atoms with Gasteiger partial charge in [0.25, 0.3) is 0 Å². The van der Waals surface area contributed by atoms with E-state index in [2.05, 4.69) is 61.9 Å². The molecule has 0 aromatic carbocycles. The highest BCUT2D eigenvalue weighted by molar-refractivity contribution is 5.97. The molecule has 75 heavy (non-hydrogen) atoms. The van der Waals surface area contributed by atoms with Crippen molar-refractivity contribution in [1.82, 2.24) is 31.9 Å². The Morgan fingerprint density at radius 2 is 0.520 bits per heavy atom. The third-order valence-corrected chi connectivity index (χ3v) is 10.6. The number of nitrogens with zero attached hydrogens (tertiary/aromatic N) is 6. The van der Waals surface area contributed by atoms with E-state index in [1.165, 1.54) is 0 Å². The second-order valence-electron chi connectivity index (χ2n) is 17.1. The normalized spacial score (nSPS) is 13.0. The van der Waals surface area contributed by atoms with E-state index in [1.54, 1.807) is 0 Å². The van der Waals surface area contributed by atoms with Gasteiger partial charge in [-0.05, 0) is 96.4 Å². The van der Waals surface area contributed by atoms with Gasteiger partial charge in [-0.1, -0.05) is 6.42 Å². The summed E-state index contributed by atoms with van der Waals surface area (Å²) in [6, 6.07) is -7.82. The lowest BCUT2D eigenvalue weighted by molar-refractivity contribution is -0.135. The fraction of sp³-hybridized carbons (Fsp3) is 0.690. The maximum Gasteiger partial charge on any atom is 0.243 e. The first-order valence-corrected chi connectivity index (χ1v) is 24.6. The quantitative estimate of drug-likeness (QED) is 0.0154. The lowest BCUT2D eigenvalue weighted by Crippen LogP contribution is -2.59. The minimum Gasteiger partial charge on any atom is -0.370 e. The van der Waals surface area contributed by atoms with Crippen LogP contribution in [-0.2, 0) is 33.6 Å². The molecule has 6 atom stereocenters. The van der Waals surface area contributed by atoms with E-state index in [9.17, 15) is 33.6 Å². The van der Waals surface area contributed by atoms with E-state index in [4.69, 9.17) is 80.3 Å². The molecule has 0 saturated heterocycles. The molecule has 0 heterocycles. The molecule has 0 radical (unpaired) electrons. The molecule has 0 spiro atoms. The molecule has 34 N–H and O–H groups in total. The number of hydrogen-bond acceptors (Lipinski definition) is 14. The summed E-state index contributed by atoms with van der Waals surface area (Å²) in [5, 5.41) is 16.0. The predicted molar refractivity (Wildman–Crippen MR) is 288 cm³/mol. The van der Waals surface area contributed by atoms with E-state index >= 15 is 0 Å². The predicted octanol–water partition coefficient (Wildman–Crippen LogP) is -8.78. The number of unbranched alkanes of at least 4 members (excludes halogenated alkanes) is 2. The lowest BCUT2D eigenvalue weighted by atomic mass is 10.0. The lowest BCUT2D eigenvalue weighted by Gasteiger charge is -2.27. The number of guanidine groups is 6. The zero-order valence-electron chi connectivity index (χ0n) is 42.9. The van der Waals surface area contributed by atoms with E-state index in [0.717, 1.165) is 0 Å². The first-order valence-electron chi connectivity index (χ1n) is 24.6. The largest absolute Gasteiger partial charge is 0.370 e. The van der Waals surface area contributed by atoms with Crippen molar-refractivity contribution in [2.24, 2.45) is 110 Å². The van der Waals surface area contributed by atoms with E-state index in [0.29, 0.717) is 25.8 Å². The van der Waals surface area contributed by atoms with Gasteiger partial charge in [0.15, 0.2) is 35.8 Å². The summed E-state index contributed by atoms with van der Waals surface area (Å²) in [7, 11) is 0. The average Bonchev–Trinajstić information content (AvgIpc) is 3.32. The highest BCUT2D eigenvalue weighted by Crippen LogP contribution is 2.10. The highest BCUT2D eigenvalue weighted by Gasteiger charge is 2.33. The van der Waals surface area contributed by atoms with E-state index in [1.807, 2.05) is 0 Å². The van der Waals surface area contributed by atoms with Crippen molar-refractivity contribution in [3.8, 4) is 0 Å². The van der Waals surface area contributed by atoms with Gasteiger partial charge in [-0.15, -0.1) is 0 Å². The van der Waals surface area contributed by atoms with E-state index < -0.39 is 77.6 Å². The molecule has 0 aromatic heterocycles. The summed E-state index contributed by atoms with van der Waals surface area (Å²) in [4.78, 5) is 120. The molecule has 0 aliphatic carbocycles. The second-order valence-corrected chi connectivity index (χ2v) is 17.1. The minimum atomic E-state index is -1.41. The molecule has 0 saturated carbocycles. The second kappa shape index (κ2) is 39.4. The van der Waals surface area contributed by atoms with Crippen LogP contribution in [0.2, 0.25) is 0 Å². The first kappa shape index (κ1) is 66.9. The van der Waals surface area contributed by atoms with Crippen LogP contribution in [0.5, 0.6) is 0 Å². The monoisotopic (exact) mass is 1070 g/mol. The number of carbonyl (C=O) groups is 7. The van der Waals surface area contributed by atoms with Crippen LogP contribution in [-0.4, -0.2) is 159 Å². The summed E-state index contributed by atoms with van der Waals surface area (Å²) in [6.07, 6.45) is 2.92. The number of hydrogen-bond donors (Lipinski definition) is 20. The number of aliphatic imine (C=N–C) groups is 6. The summed E-state index contributed by atoms with van der Waals surface area (Å²) in [5.74, 6) is -6.63. The molecular weight excluding hydrogens is 981 g/mol. The Balaban J connectivity index is 7.08. The SMILES string of the molecule is NCCCCCC(=O)N[C@@H](CCCN=C(N)N)C(=O)N[C@@H](CCCN=C(N)N)C(=O)N[C@@H](CCCN=C(N)N)C(=O)N[C@@H](CCCN=C(N)N)C(=O)N[C@@H](CCCN=C(N)N)C(=O)N[C@@H](CCCN=C(N)N)C(N)=O. The molecular formula is C42H86N26O7. The fourth-order valence-corrected chi connectivity index (χ4v) is 6.89. The van der Waals surface area contributed by atoms with Crippen molar-refractivity contribution in [1.29, 1.82) is 0 Å². The van der Waals surface area contributed by atoms with Crippen molar-refractivity contribution in [3.63, 3.8) is 0 Å². The summed E-state index contributed by atoms with van der Waals surface area (Å²) >= 11 is 0. The number of primary amides is 1. The summed E-state index contributed by atoms with van der Waals surface area (Å²) in [6.45, 7) is 0.874. The molecule has 0 unspecified atom stereocenters. The van der Waals surface area contributed by atoms with Crippen LogP contribution >= 0.6 is 0 Å². The van der Waals surface area contributed by atoms with Gasteiger partial charge < -0.3 is 112 Å². The number of carbonyl (C=O) groups excluding carboxylic acids is 7. The van der Waals surface area contributed by atoms with Gasteiger partial charge in [-0.3, -0.25) is 63.5 Å². The Bertz CT molecular complexity index is 1960. The minimum absolute atomic E-state index is 0.0216. The fourth-order valence-electron chi connectivity index (χ4n) is 6.89. The van der Waals surface area contributed by atoms with Crippen molar-refractivity contribution < 1.29 is 33.6 Å². The molecule has 0 aliphatic heterocycles. The van der Waals surface area contributed by atoms with Gasteiger partial charge in [0.05, 0.1) is 0 Å². The number of amides is 7. The summed E-state index contributed by atoms with van der Waals surface area (Å²) in [5.41, 5.74) is 77.0. The summed E-state index contributed by atoms with van der Waals surface area (Å²) < 4.78 is 0. The van der Waals surface area contributed by atoms with Gasteiger partial charge in [0, 0.05) is 45.7 Å². The Kier molecular flexibility index (Phi) is 35.1. The smallest absolute Gasteiger partial charge is 0.243 e. The Hall–Kier alpha value is -8.13. The number of nitrogens with one attached hydrogen (secondary N) is 6.